The number of anilines is 1. The van der Waals surface area contributed by atoms with E-state index >= 15 is 0 Å². The summed E-state index contributed by atoms with van der Waals surface area (Å²) in [4.78, 5) is 6.35. The molecule has 108 valence electrons. The van der Waals surface area contributed by atoms with Crippen molar-refractivity contribution in [2.75, 3.05) is 25.6 Å². The van der Waals surface area contributed by atoms with E-state index in [1.54, 1.807) is 7.11 Å². The van der Waals surface area contributed by atoms with Crippen LogP contribution in [0.15, 0.2) is 28.8 Å². The van der Waals surface area contributed by atoms with Crippen LogP contribution in [0.4, 0.5) is 6.01 Å². The van der Waals surface area contributed by atoms with Crippen LogP contribution >= 0.6 is 0 Å². The molecule has 5 nitrogen and oxygen atoms in total. The minimum Gasteiger partial charge on any atom is -0.496 e. The minimum atomic E-state index is 0.273. The maximum Gasteiger partial charge on any atom is 0.323 e. The van der Waals surface area contributed by atoms with Gasteiger partial charge in [0.2, 0.25) is 0 Å². The van der Waals surface area contributed by atoms with Gasteiger partial charge in [-0.3, -0.25) is 0 Å². The second-order valence-corrected chi connectivity index (χ2v) is 5.07. The topological polar surface area (TPSA) is 51.4 Å². The minimum absolute atomic E-state index is 0.273. The fourth-order valence-electron chi connectivity index (χ4n) is 1.91. The summed E-state index contributed by atoms with van der Waals surface area (Å²) in [5.74, 6) is 1.92. The van der Waals surface area contributed by atoms with Crippen molar-refractivity contribution in [2.45, 2.75) is 26.2 Å². The van der Waals surface area contributed by atoms with Gasteiger partial charge in [0, 0.05) is 19.5 Å². The zero-order chi connectivity index (χ0) is 14.5. The predicted molar refractivity (Wildman–Crippen MR) is 78.4 cm³/mol. The second-order valence-electron chi connectivity index (χ2n) is 5.07. The molecule has 1 heterocycles. The Morgan fingerprint density at radius 2 is 2.05 bits per heavy atom. The zero-order valence-electron chi connectivity index (χ0n) is 12.5. The highest BCUT2D eigenvalue weighted by molar-refractivity contribution is 5.34. The number of likely N-dealkylation sites (N-methyl/N-ethyl adjacent to an activating group) is 1. The Hall–Kier alpha value is -2.04. The number of methoxy groups -OCH3 is 1. The van der Waals surface area contributed by atoms with Gasteiger partial charge in [-0.15, -0.1) is 0 Å². The zero-order valence-corrected chi connectivity index (χ0v) is 12.5. The van der Waals surface area contributed by atoms with Gasteiger partial charge in [0.05, 0.1) is 7.11 Å². The molecular weight excluding hydrogens is 254 g/mol. The monoisotopic (exact) mass is 275 g/mol. The fraction of sp³-hybridized carbons (Fsp3) is 0.467. The van der Waals surface area contributed by atoms with Crippen LogP contribution in [0.3, 0.4) is 0 Å². The van der Waals surface area contributed by atoms with Crippen LogP contribution in [0.25, 0.3) is 0 Å². The van der Waals surface area contributed by atoms with Gasteiger partial charge in [0.1, 0.15) is 5.75 Å². The van der Waals surface area contributed by atoms with Crippen molar-refractivity contribution in [3.63, 3.8) is 0 Å². The summed E-state index contributed by atoms with van der Waals surface area (Å²) in [6, 6.07) is 8.59. The van der Waals surface area contributed by atoms with E-state index in [0.29, 0.717) is 6.01 Å². The molecule has 0 aliphatic carbocycles. The Morgan fingerprint density at radius 3 is 2.70 bits per heavy atom. The van der Waals surface area contributed by atoms with Crippen molar-refractivity contribution in [3.8, 4) is 5.75 Å². The van der Waals surface area contributed by atoms with Crippen molar-refractivity contribution >= 4 is 6.01 Å². The highest BCUT2D eigenvalue weighted by Gasteiger charge is 2.13. The average molecular weight is 275 g/mol. The first-order valence-electron chi connectivity index (χ1n) is 6.78. The van der Waals surface area contributed by atoms with Crippen LogP contribution in [0, 0.1) is 0 Å². The van der Waals surface area contributed by atoms with Crippen molar-refractivity contribution < 1.29 is 9.26 Å². The number of ether oxygens (including phenoxy) is 1. The Bertz CT molecular complexity index is 552. The maximum atomic E-state index is 5.35. The summed E-state index contributed by atoms with van der Waals surface area (Å²) in [7, 11) is 3.64. The number of hydrogen-bond acceptors (Lipinski definition) is 5. The molecule has 0 amide bonds. The van der Waals surface area contributed by atoms with Crippen LogP contribution in [0.1, 0.15) is 31.2 Å². The molecular formula is C15H21N3O2. The molecule has 20 heavy (non-hydrogen) atoms. The fourth-order valence-corrected chi connectivity index (χ4v) is 1.91. The van der Waals surface area contributed by atoms with Gasteiger partial charge >= 0.3 is 6.01 Å². The lowest BCUT2D eigenvalue weighted by Gasteiger charge is -2.14. The van der Waals surface area contributed by atoms with E-state index in [9.17, 15) is 0 Å². The summed E-state index contributed by atoms with van der Waals surface area (Å²) in [5.41, 5.74) is 1.17. The summed E-state index contributed by atoms with van der Waals surface area (Å²) >= 11 is 0. The number of nitrogens with zero attached hydrogens (tertiary/aromatic N) is 3. The van der Waals surface area contributed by atoms with Gasteiger partial charge in [-0.1, -0.05) is 37.2 Å². The molecule has 0 bridgehead atoms. The van der Waals surface area contributed by atoms with Crippen molar-refractivity contribution in [2.24, 2.45) is 0 Å². The van der Waals surface area contributed by atoms with Crippen molar-refractivity contribution in [1.29, 1.82) is 0 Å². The van der Waals surface area contributed by atoms with Crippen molar-refractivity contribution in [3.05, 3.63) is 35.7 Å². The first kappa shape index (κ1) is 14.4. The number of benzene rings is 1. The standard InChI is InChI=1S/C15H21N3O2/c1-11(2)14-16-15(20-17-14)18(3)10-9-12-7-5-6-8-13(12)19-4/h5-8,11H,9-10H2,1-4H3. The third-order valence-corrected chi connectivity index (χ3v) is 3.18. The van der Waals surface area contributed by atoms with E-state index < -0.39 is 0 Å². The van der Waals surface area contributed by atoms with E-state index in [1.807, 2.05) is 44.0 Å². The highest BCUT2D eigenvalue weighted by atomic mass is 16.5. The van der Waals surface area contributed by atoms with E-state index in [1.165, 1.54) is 5.56 Å². The SMILES string of the molecule is COc1ccccc1CCN(C)c1nc(C(C)C)no1. The molecule has 0 fully saturated rings. The van der Waals surface area contributed by atoms with E-state index in [-0.39, 0.29) is 5.92 Å². The number of hydrogen-bond donors (Lipinski definition) is 0. The molecule has 1 aromatic heterocycles. The summed E-state index contributed by atoms with van der Waals surface area (Å²) in [6.45, 7) is 4.88. The Morgan fingerprint density at radius 1 is 1.30 bits per heavy atom. The van der Waals surface area contributed by atoms with Gasteiger partial charge < -0.3 is 14.2 Å². The summed E-state index contributed by atoms with van der Waals surface area (Å²) in [5, 5.41) is 3.97. The molecule has 0 N–H and O–H groups in total. The molecule has 5 heteroatoms. The lowest BCUT2D eigenvalue weighted by Crippen LogP contribution is -2.20. The number of aromatic nitrogens is 2. The van der Waals surface area contributed by atoms with Crippen molar-refractivity contribution in [1.82, 2.24) is 10.1 Å². The molecule has 0 saturated heterocycles. The van der Waals surface area contributed by atoms with E-state index in [0.717, 1.165) is 24.5 Å². The molecule has 2 aromatic rings. The summed E-state index contributed by atoms with van der Waals surface area (Å²) < 4.78 is 10.6. The van der Waals surface area contributed by atoms with Crippen LogP contribution in [0.5, 0.6) is 5.75 Å². The smallest absolute Gasteiger partial charge is 0.323 e. The normalized spacial score (nSPS) is 10.8. The molecule has 0 aliphatic rings. The van der Waals surface area contributed by atoms with Crippen LogP contribution in [0.2, 0.25) is 0 Å². The largest absolute Gasteiger partial charge is 0.496 e. The Labute approximate surface area is 119 Å². The lowest BCUT2D eigenvalue weighted by molar-refractivity contribution is 0.404. The molecule has 0 atom stereocenters. The Kier molecular flexibility index (Phi) is 4.61. The van der Waals surface area contributed by atoms with Gasteiger partial charge in [0.15, 0.2) is 5.82 Å². The van der Waals surface area contributed by atoms with Gasteiger partial charge in [0.25, 0.3) is 0 Å². The van der Waals surface area contributed by atoms with E-state index in [2.05, 4.69) is 16.2 Å². The van der Waals surface area contributed by atoms with Gasteiger partial charge in [-0.05, 0) is 18.1 Å². The third-order valence-electron chi connectivity index (χ3n) is 3.18. The average Bonchev–Trinajstić information content (AvgIpc) is 2.95. The van der Waals surface area contributed by atoms with Crippen LogP contribution in [-0.4, -0.2) is 30.8 Å². The lowest BCUT2D eigenvalue weighted by atomic mass is 10.1. The van der Waals surface area contributed by atoms with Gasteiger partial charge in [-0.25, -0.2) is 0 Å². The van der Waals surface area contributed by atoms with E-state index in [4.69, 9.17) is 9.26 Å². The van der Waals surface area contributed by atoms with Crippen LogP contribution in [-0.2, 0) is 6.42 Å². The molecule has 2 rings (SSSR count). The molecule has 0 saturated carbocycles. The predicted octanol–water partition coefficient (Wildman–Crippen LogP) is 2.88. The van der Waals surface area contributed by atoms with Crippen LogP contribution < -0.4 is 9.64 Å². The third kappa shape index (κ3) is 3.29. The number of para-hydroxylation sites is 1. The van der Waals surface area contributed by atoms with Gasteiger partial charge in [-0.2, -0.15) is 4.98 Å². The number of rotatable bonds is 6. The Balaban J connectivity index is 1.99. The first-order chi connectivity index (χ1) is 9.61. The molecule has 0 unspecified atom stereocenters. The molecule has 0 radical (unpaired) electrons. The first-order valence-corrected chi connectivity index (χ1v) is 6.78. The summed E-state index contributed by atoms with van der Waals surface area (Å²) in [6.07, 6.45) is 0.861. The maximum absolute atomic E-state index is 5.35. The second kappa shape index (κ2) is 6.41. The quantitative estimate of drug-likeness (QED) is 0.811. The highest BCUT2D eigenvalue weighted by Crippen LogP contribution is 2.19. The molecule has 1 aromatic carbocycles. The molecule has 0 spiro atoms. The molecule has 0 aliphatic heterocycles.